The van der Waals surface area contributed by atoms with Crippen LogP contribution in [0.5, 0.6) is 5.75 Å². The van der Waals surface area contributed by atoms with Gasteiger partial charge in [-0.3, -0.25) is 4.90 Å². The summed E-state index contributed by atoms with van der Waals surface area (Å²) in [6, 6.07) is 18.2. The molecule has 0 aliphatic carbocycles. The highest BCUT2D eigenvalue weighted by atomic mass is 35.5. The fourth-order valence-corrected chi connectivity index (χ4v) is 4.02. The summed E-state index contributed by atoms with van der Waals surface area (Å²) in [6.45, 7) is 8.31. The van der Waals surface area contributed by atoms with Gasteiger partial charge in [0.05, 0.1) is 25.9 Å². The zero-order chi connectivity index (χ0) is 19.3. The van der Waals surface area contributed by atoms with Gasteiger partial charge in [-0.15, -0.1) is 12.4 Å². The fourth-order valence-electron chi connectivity index (χ4n) is 4.02. The highest BCUT2D eigenvalue weighted by Gasteiger charge is 2.43. The normalized spacial score (nSPS) is 18.2. The van der Waals surface area contributed by atoms with Crippen molar-refractivity contribution in [2.24, 2.45) is 5.92 Å². The lowest BCUT2D eigenvalue weighted by Gasteiger charge is -2.43. The molecule has 154 valence electrons. The van der Waals surface area contributed by atoms with E-state index in [4.69, 9.17) is 9.47 Å². The van der Waals surface area contributed by atoms with E-state index in [1.54, 1.807) is 7.11 Å². The molecule has 1 N–H and O–H groups in total. The van der Waals surface area contributed by atoms with Gasteiger partial charge < -0.3 is 14.6 Å². The van der Waals surface area contributed by atoms with Crippen molar-refractivity contribution in [1.82, 2.24) is 4.90 Å². The van der Waals surface area contributed by atoms with Crippen LogP contribution in [0.2, 0.25) is 0 Å². The van der Waals surface area contributed by atoms with E-state index in [1.807, 2.05) is 30.3 Å². The third-order valence-electron chi connectivity index (χ3n) is 5.71. The van der Waals surface area contributed by atoms with E-state index in [1.165, 1.54) is 0 Å². The molecular weight excluding hydrogens is 374 g/mol. The van der Waals surface area contributed by atoms with E-state index in [0.29, 0.717) is 0 Å². The van der Waals surface area contributed by atoms with Crippen LogP contribution in [-0.2, 0) is 10.3 Å². The number of methoxy groups -OCH3 is 1. The van der Waals surface area contributed by atoms with Gasteiger partial charge in [-0.1, -0.05) is 56.3 Å². The van der Waals surface area contributed by atoms with Crippen molar-refractivity contribution < 1.29 is 14.6 Å². The largest absolute Gasteiger partial charge is 0.497 e. The Morgan fingerprint density at radius 2 is 1.64 bits per heavy atom. The van der Waals surface area contributed by atoms with Crippen LogP contribution in [-0.4, -0.2) is 50.0 Å². The first kappa shape index (κ1) is 22.7. The molecular formula is C23H32ClNO3. The molecule has 28 heavy (non-hydrogen) atoms. The van der Waals surface area contributed by atoms with Crippen LogP contribution in [0.3, 0.4) is 0 Å². The molecule has 3 rings (SSSR count). The average Bonchev–Trinajstić information content (AvgIpc) is 2.73. The van der Waals surface area contributed by atoms with Crippen LogP contribution in [0, 0.1) is 5.92 Å². The zero-order valence-corrected chi connectivity index (χ0v) is 17.8. The Bertz CT molecular complexity index is 702. The lowest BCUT2D eigenvalue weighted by Crippen LogP contribution is -2.47. The quantitative estimate of drug-likeness (QED) is 0.753. The van der Waals surface area contributed by atoms with Crippen LogP contribution < -0.4 is 4.74 Å². The molecule has 0 amide bonds. The Kier molecular flexibility index (Phi) is 8.32. The second kappa shape index (κ2) is 10.3. The maximum atomic E-state index is 12.1. The third-order valence-corrected chi connectivity index (χ3v) is 5.71. The number of aliphatic hydroxyl groups is 1. The molecule has 2 aromatic carbocycles. The molecule has 0 radical (unpaired) electrons. The molecule has 5 heteroatoms. The van der Waals surface area contributed by atoms with Gasteiger partial charge in [0.1, 0.15) is 5.75 Å². The minimum atomic E-state index is -0.980. The van der Waals surface area contributed by atoms with Gasteiger partial charge in [-0.25, -0.2) is 0 Å². The second-order valence-electron chi connectivity index (χ2n) is 7.58. The van der Waals surface area contributed by atoms with Crippen molar-refractivity contribution in [2.75, 3.05) is 40.0 Å². The number of benzene rings is 2. The summed E-state index contributed by atoms with van der Waals surface area (Å²) in [6.07, 6.45) is 0. The van der Waals surface area contributed by atoms with E-state index in [0.717, 1.165) is 49.7 Å². The number of hydrogen-bond acceptors (Lipinski definition) is 4. The van der Waals surface area contributed by atoms with Crippen molar-refractivity contribution in [1.29, 1.82) is 0 Å². The minimum Gasteiger partial charge on any atom is -0.497 e. The molecule has 1 aliphatic heterocycles. The molecule has 1 heterocycles. The molecule has 2 unspecified atom stereocenters. The molecule has 0 saturated carbocycles. The summed E-state index contributed by atoms with van der Waals surface area (Å²) < 4.78 is 10.8. The van der Waals surface area contributed by atoms with Gasteiger partial charge in [0.15, 0.2) is 0 Å². The number of nitrogens with zero attached hydrogens (tertiary/aromatic N) is 1. The predicted octanol–water partition coefficient (Wildman–Crippen LogP) is 4.08. The average molecular weight is 406 g/mol. The van der Waals surface area contributed by atoms with E-state index in [9.17, 15) is 5.11 Å². The molecule has 0 aromatic heterocycles. The van der Waals surface area contributed by atoms with Crippen molar-refractivity contribution >= 4 is 12.4 Å². The Labute approximate surface area is 174 Å². The highest BCUT2D eigenvalue weighted by Crippen LogP contribution is 2.43. The second-order valence-corrected chi connectivity index (χ2v) is 7.58. The van der Waals surface area contributed by atoms with Crippen molar-refractivity contribution in [3.63, 3.8) is 0 Å². The Morgan fingerprint density at radius 3 is 2.18 bits per heavy atom. The molecule has 2 atom stereocenters. The monoisotopic (exact) mass is 405 g/mol. The molecule has 2 aromatic rings. The van der Waals surface area contributed by atoms with Crippen LogP contribution in [0.25, 0.3) is 0 Å². The van der Waals surface area contributed by atoms with Crippen molar-refractivity contribution in [3.8, 4) is 5.75 Å². The number of ether oxygens (including phenoxy) is 2. The first-order chi connectivity index (χ1) is 13.1. The van der Waals surface area contributed by atoms with Crippen LogP contribution in [0.4, 0.5) is 0 Å². The van der Waals surface area contributed by atoms with E-state index < -0.39 is 5.60 Å². The topological polar surface area (TPSA) is 41.9 Å². The Hall–Kier alpha value is -1.59. The smallest absolute Gasteiger partial charge is 0.118 e. The van der Waals surface area contributed by atoms with Crippen molar-refractivity contribution in [2.45, 2.75) is 25.4 Å². The van der Waals surface area contributed by atoms with Gasteiger partial charge in [-0.2, -0.15) is 0 Å². The summed E-state index contributed by atoms with van der Waals surface area (Å²) in [5.74, 6) is 0.816. The maximum absolute atomic E-state index is 12.1. The number of halogens is 1. The zero-order valence-electron chi connectivity index (χ0n) is 17.0. The van der Waals surface area contributed by atoms with Crippen LogP contribution >= 0.6 is 12.4 Å². The number of morpholine rings is 1. The Morgan fingerprint density at radius 1 is 1.04 bits per heavy atom. The standard InChI is InChI=1S/C23H31NO3.ClH/c1-18(2)23(25,20-9-11-21(26-3)12-10-20)22(19-7-5-4-6-8-19)17-24-13-15-27-16-14-24;/h4-12,18,22,25H,13-17H2,1-3H3;1H. The molecule has 1 saturated heterocycles. The van der Waals surface area contributed by atoms with E-state index in [-0.39, 0.29) is 24.2 Å². The molecule has 1 aliphatic rings. The van der Waals surface area contributed by atoms with Crippen molar-refractivity contribution in [3.05, 3.63) is 65.7 Å². The van der Waals surface area contributed by atoms with Gasteiger partial charge >= 0.3 is 0 Å². The van der Waals surface area contributed by atoms with Gasteiger partial charge in [0, 0.05) is 25.6 Å². The summed E-state index contributed by atoms with van der Waals surface area (Å²) in [4.78, 5) is 2.40. The summed E-state index contributed by atoms with van der Waals surface area (Å²) in [5.41, 5.74) is 1.11. The first-order valence-corrected chi connectivity index (χ1v) is 9.77. The lowest BCUT2D eigenvalue weighted by molar-refractivity contribution is -0.0547. The van der Waals surface area contributed by atoms with Crippen LogP contribution in [0.1, 0.15) is 30.9 Å². The molecule has 4 nitrogen and oxygen atoms in total. The highest BCUT2D eigenvalue weighted by molar-refractivity contribution is 5.85. The predicted molar refractivity (Wildman–Crippen MR) is 115 cm³/mol. The van der Waals surface area contributed by atoms with Gasteiger partial charge in [0.25, 0.3) is 0 Å². The lowest BCUT2D eigenvalue weighted by atomic mass is 9.70. The SMILES string of the molecule is COc1ccc(C(O)(C(C)C)C(CN2CCOCC2)c2ccccc2)cc1.Cl. The molecule has 1 fully saturated rings. The van der Waals surface area contributed by atoms with E-state index >= 15 is 0 Å². The summed E-state index contributed by atoms with van der Waals surface area (Å²) in [7, 11) is 1.66. The van der Waals surface area contributed by atoms with Crippen LogP contribution in [0.15, 0.2) is 54.6 Å². The number of hydrogen-bond donors (Lipinski definition) is 1. The minimum absolute atomic E-state index is 0. The summed E-state index contributed by atoms with van der Waals surface area (Å²) in [5, 5.41) is 12.1. The summed E-state index contributed by atoms with van der Waals surface area (Å²) >= 11 is 0. The first-order valence-electron chi connectivity index (χ1n) is 9.77. The number of rotatable bonds is 7. The van der Waals surface area contributed by atoms with E-state index in [2.05, 4.69) is 43.0 Å². The Balaban J connectivity index is 0.00000280. The third kappa shape index (κ3) is 4.87. The maximum Gasteiger partial charge on any atom is 0.118 e. The fraction of sp³-hybridized carbons (Fsp3) is 0.478. The van der Waals surface area contributed by atoms with Gasteiger partial charge in [0.2, 0.25) is 0 Å². The van der Waals surface area contributed by atoms with Gasteiger partial charge in [-0.05, 0) is 29.2 Å². The molecule has 0 bridgehead atoms. The molecule has 0 spiro atoms.